The Bertz CT molecular complexity index is 534. The second-order valence-electron chi connectivity index (χ2n) is 4.44. The Morgan fingerprint density at radius 1 is 1.44 bits per heavy atom. The number of nitrogens with one attached hydrogen (secondary N) is 1. The molecule has 0 aromatic carbocycles. The van der Waals surface area contributed by atoms with E-state index in [0.717, 1.165) is 29.1 Å². The van der Waals surface area contributed by atoms with Crippen LogP contribution < -0.4 is 5.32 Å². The first-order valence-electron chi connectivity index (χ1n) is 5.75. The van der Waals surface area contributed by atoms with Crippen molar-refractivity contribution in [3.63, 3.8) is 0 Å². The minimum Gasteiger partial charge on any atom is -0.351 e. The fraction of sp³-hybridized carbons (Fsp3) is 0.545. The SMILES string of the molecule is O=C(CC1CCC1)NCc1ccc(S(=O)(=O)Cl)s1. The van der Waals surface area contributed by atoms with E-state index in [2.05, 4.69) is 5.32 Å². The highest BCUT2D eigenvalue weighted by atomic mass is 35.7. The fourth-order valence-electron chi connectivity index (χ4n) is 1.80. The minimum atomic E-state index is -3.66. The Morgan fingerprint density at radius 2 is 2.17 bits per heavy atom. The van der Waals surface area contributed by atoms with Crippen LogP contribution in [0.4, 0.5) is 0 Å². The van der Waals surface area contributed by atoms with Crippen molar-refractivity contribution in [2.45, 2.75) is 36.4 Å². The van der Waals surface area contributed by atoms with Crippen LogP contribution in [-0.4, -0.2) is 14.3 Å². The van der Waals surface area contributed by atoms with Gasteiger partial charge in [0, 0.05) is 22.0 Å². The van der Waals surface area contributed by atoms with E-state index in [1.54, 1.807) is 6.07 Å². The zero-order chi connectivity index (χ0) is 13.2. The van der Waals surface area contributed by atoms with Gasteiger partial charge in [0.1, 0.15) is 4.21 Å². The zero-order valence-corrected chi connectivity index (χ0v) is 12.1. The molecule has 1 amide bonds. The molecule has 4 nitrogen and oxygen atoms in total. The summed E-state index contributed by atoms with van der Waals surface area (Å²) in [6.07, 6.45) is 4.08. The molecule has 1 saturated carbocycles. The van der Waals surface area contributed by atoms with Crippen LogP contribution in [0.5, 0.6) is 0 Å². The number of carbonyl (C=O) groups is 1. The number of hydrogen-bond donors (Lipinski definition) is 1. The third-order valence-electron chi connectivity index (χ3n) is 3.04. The van der Waals surface area contributed by atoms with Gasteiger partial charge in [0.25, 0.3) is 9.05 Å². The molecular formula is C11H14ClNO3S2. The Kier molecular flexibility index (Phi) is 4.29. The molecule has 100 valence electrons. The minimum absolute atomic E-state index is 0.0309. The lowest BCUT2D eigenvalue weighted by molar-refractivity contribution is -0.122. The molecule has 1 heterocycles. The average Bonchev–Trinajstić information content (AvgIpc) is 2.68. The second kappa shape index (κ2) is 5.59. The summed E-state index contributed by atoms with van der Waals surface area (Å²) in [7, 11) is 1.57. The first-order valence-corrected chi connectivity index (χ1v) is 8.88. The van der Waals surface area contributed by atoms with Crippen LogP contribution >= 0.6 is 22.0 Å². The monoisotopic (exact) mass is 307 g/mol. The molecule has 1 fully saturated rings. The van der Waals surface area contributed by atoms with Gasteiger partial charge in [-0.3, -0.25) is 4.79 Å². The molecule has 0 atom stereocenters. The summed E-state index contributed by atoms with van der Waals surface area (Å²) in [6, 6.07) is 3.13. The summed E-state index contributed by atoms with van der Waals surface area (Å²) >= 11 is 1.09. The molecule has 18 heavy (non-hydrogen) atoms. The quantitative estimate of drug-likeness (QED) is 0.850. The summed E-state index contributed by atoms with van der Waals surface area (Å²) in [6.45, 7) is 0.364. The molecule has 1 N–H and O–H groups in total. The predicted molar refractivity (Wildman–Crippen MR) is 71.2 cm³/mol. The lowest BCUT2D eigenvalue weighted by Crippen LogP contribution is -2.27. The van der Waals surface area contributed by atoms with E-state index in [1.807, 2.05) is 0 Å². The predicted octanol–water partition coefficient (Wildman–Crippen LogP) is 2.48. The summed E-state index contributed by atoms with van der Waals surface area (Å²) in [5.41, 5.74) is 0. The molecule has 1 aromatic heterocycles. The third-order valence-corrected chi connectivity index (χ3v) is 6.21. The maximum absolute atomic E-state index is 11.6. The van der Waals surface area contributed by atoms with E-state index in [9.17, 15) is 13.2 Å². The highest BCUT2D eigenvalue weighted by Gasteiger charge is 2.20. The van der Waals surface area contributed by atoms with Crippen molar-refractivity contribution in [1.29, 1.82) is 0 Å². The molecule has 0 spiro atoms. The van der Waals surface area contributed by atoms with Crippen molar-refractivity contribution < 1.29 is 13.2 Å². The van der Waals surface area contributed by atoms with Crippen LogP contribution in [0.2, 0.25) is 0 Å². The maximum atomic E-state index is 11.6. The van der Waals surface area contributed by atoms with Gasteiger partial charge in [-0.05, 0) is 30.9 Å². The topological polar surface area (TPSA) is 63.2 Å². The standard InChI is InChI=1S/C11H14ClNO3S2/c12-18(15,16)11-5-4-9(17-11)7-13-10(14)6-8-2-1-3-8/h4-5,8H,1-3,6-7H2,(H,13,14). The first kappa shape index (κ1) is 13.8. The highest BCUT2D eigenvalue weighted by molar-refractivity contribution is 8.15. The van der Waals surface area contributed by atoms with Gasteiger partial charge in [0.05, 0.1) is 6.54 Å². The Balaban J connectivity index is 1.82. The van der Waals surface area contributed by atoms with E-state index in [-0.39, 0.29) is 10.1 Å². The van der Waals surface area contributed by atoms with Gasteiger partial charge in [0.15, 0.2) is 0 Å². The molecule has 1 aliphatic carbocycles. The number of halogens is 1. The number of carbonyl (C=O) groups excluding carboxylic acids is 1. The molecule has 1 aromatic rings. The summed E-state index contributed by atoms with van der Waals surface area (Å²) in [5.74, 6) is 0.565. The van der Waals surface area contributed by atoms with E-state index in [0.29, 0.717) is 18.9 Å². The van der Waals surface area contributed by atoms with Gasteiger partial charge < -0.3 is 5.32 Å². The van der Waals surface area contributed by atoms with Crippen molar-refractivity contribution in [3.8, 4) is 0 Å². The number of thiophene rings is 1. The van der Waals surface area contributed by atoms with Crippen molar-refractivity contribution >= 4 is 37.0 Å². The fourth-order valence-corrected chi connectivity index (χ4v) is 3.86. The van der Waals surface area contributed by atoms with E-state index < -0.39 is 9.05 Å². The van der Waals surface area contributed by atoms with Crippen LogP contribution in [0.3, 0.4) is 0 Å². The van der Waals surface area contributed by atoms with Crippen LogP contribution in [0.25, 0.3) is 0 Å². The van der Waals surface area contributed by atoms with Crippen molar-refractivity contribution in [2.75, 3.05) is 0 Å². The molecule has 0 bridgehead atoms. The van der Waals surface area contributed by atoms with Crippen LogP contribution in [0.15, 0.2) is 16.3 Å². The number of hydrogen-bond acceptors (Lipinski definition) is 4. The van der Waals surface area contributed by atoms with Gasteiger partial charge in [0.2, 0.25) is 5.91 Å². The van der Waals surface area contributed by atoms with Crippen molar-refractivity contribution in [2.24, 2.45) is 5.92 Å². The highest BCUT2D eigenvalue weighted by Crippen LogP contribution is 2.29. The molecule has 0 radical (unpaired) electrons. The summed E-state index contributed by atoms with van der Waals surface area (Å²) < 4.78 is 22.2. The molecule has 1 aliphatic rings. The lowest BCUT2D eigenvalue weighted by Gasteiger charge is -2.24. The van der Waals surface area contributed by atoms with Gasteiger partial charge in [-0.2, -0.15) is 0 Å². The molecule has 0 aliphatic heterocycles. The van der Waals surface area contributed by atoms with Gasteiger partial charge in [-0.25, -0.2) is 8.42 Å². The number of rotatable bonds is 5. The molecule has 0 unspecified atom stereocenters. The summed E-state index contributed by atoms with van der Waals surface area (Å²) in [4.78, 5) is 12.4. The average molecular weight is 308 g/mol. The van der Waals surface area contributed by atoms with Crippen LogP contribution in [-0.2, 0) is 20.4 Å². The van der Waals surface area contributed by atoms with Gasteiger partial charge in [-0.1, -0.05) is 6.42 Å². The molecule has 7 heteroatoms. The Labute approximate surface area is 115 Å². The van der Waals surface area contributed by atoms with E-state index in [1.165, 1.54) is 12.5 Å². The van der Waals surface area contributed by atoms with Crippen molar-refractivity contribution in [1.82, 2.24) is 5.32 Å². The first-order chi connectivity index (χ1) is 8.45. The van der Waals surface area contributed by atoms with Crippen LogP contribution in [0.1, 0.15) is 30.6 Å². The van der Waals surface area contributed by atoms with Crippen LogP contribution in [0, 0.1) is 5.92 Å². The number of amides is 1. The molecule has 2 rings (SSSR count). The lowest BCUT2D eigenvalue weighted by atomic mass is 9.83. The Hall–Kier alpha value is -0.590. The molecule has 0 saturated heterocycles. The van der Waals surface area contributed by atoms with Gasteiger partial charge >= 0.3 is 0 Å². The third kappa shape index (κ3) is 3.70. The van der Waals surface area contributed by atoms with Crippen molar-refractivity contribution in [3.05, 3.63) is 17.0 Å². The van der Waals surface area contributed by atoms with E-state index >= 15 is 0 Å². The molecular weight excluding hydrogens is 294 g/mol. The zero-order valence-electron chi connectivity index (χ0n) is 9.69. The van der Waals surface area contributed by atoms with E-state index in [4.69, 9.17) is 10.7 Å². The second-order valence-corrected chi connectivity index (χ2v) is 8.40. The largest absolute Gasteiger partial charge is 0.351 e. The Morgan fingerprint density at radius 3 is 2.67 bits per heavy atom. The normalized spacial score (nSPS) is 16.3. The van der Waals surface area contributed by atoms with Gasteiger partial charge in [-0.15, -0.1) is 11.3 Å². The maximum Gasteiger partial charge on any atom is 0.270 e. The smallest absolute Gasteiger partial charge is 0.270 e. The summed E-state index contributed by atoms with van der Waals surface area (Å²) in [5, 5.41) is 2.80.